The first kappa shape index (κ1) is 29.0. The van der Waals surface area contributed by atoms with E-state index >= 15 is 0 Å². The van der Waals surface area contributed by atoms with Crippen molar-refractivity contribution in [2.75, 3.05) is 19.0 Å². The van der Waals surface area contributed by atoms with Crippen molar-refractivity contribution >= 4 is 33.1 Å². The molecule has 9 rings (SSSR count). The second-order valence-corrected chi connectivity index (χ2v) is 13.7. The van der Waals surface area contributed by atoms with Crippen LogP contribution in [-0.4, -0.2) is 49.6 Å². The number of thiophene rings is 1. The number of aromatic amines is 1. The average molecular weight is 658 g/mol. The lowest BCUT2D eigenvalue weighted by molar-refractivity contribution is 0.0776. The maximum atomic E-state index is 14.2. The van der Waals surface area contributed by atoms with Gasteiger partial charge in [0, 0.05) is 28.7 Å². The lowest BCUT2D eigenvalue weighted by Gasteiger charge is -2.17. The van der Waals surface area contributed by atoms with Gasteiger partial charge in [-0.05, 0) is 90.9 Å². The molecule has 1 amide bonds. The summed E-state index contributed by atoms with van der Waals surface area (Å²) in [6.45, 7) is 0.722. The number of carbonyl (C=O) groups excluding carboxylic acids is 1. The second-order valence-electron chi connectivity index (χ2n) is 12.6. The van der Waals surface area contributed by atoms with Crippen molar-refractivity contribution in [2.24, 2.45) is 0 Å². The quantitative estimate of drug-likeness (QED) is 0.175. The molecule has 2 unspecified atom stereocenters. The highest BCUT2D eigenvalue weighted by Gasteiger charge is 2.44. The summed E-state index contributed by atoms with van der Waals surface area (Å²) in [7, 11) is 1.72. The monoisotopic (exact) mass is 657 g/mol. The Bertz CT molecular complexity index is 2200. The number of nitrogens with one attached hydrogen (secondary N) is 2. The Kier molecular flexibility index (Phi) is 6.96. The van der Waals surface area contributed by atoms with E-state index in [1.807, 2.05) is 41.4 Å². The fourth-order valence-corrected chi connectivity index (χ4v) is 8.95. The normalized spacial score (nSPS) is 18.0. The number of anilines is 1. The third kappa shape index (κ3) is 4.67. The van der Waals surface area contributed by atoms with E-state index in [2.05, 4.69) is 32.6 Å². The number of rotatable bonds is 8. The number of halogens is 1. The number of carbonyl (C=O) groups is 1. The van der Waals surface area contributed by atoms with Crippen molar-refractivity contribution in [3.63, 3.8) is 0 Å². The molecule has 240 valence electrons. The Morgan fingerprint density at radius 2 is 1.96 bits per heavy atom. The number of fused-ring (bicyclic) bond motifs is 5. The maximum absolute atomic E-state index is 14.2. The fraction of sp³-hybridized carbons (Fsp3) is 0.270. The smallest absolute Gasteiger partial charge is 0.257 e. The molecule has 1 aliphatic carbocycles. The third-order valence-corrected chi connectivity index (χ3v) is 11.2. The summed E-state index contributed by atoms with van der Waals surface area (Å²) in [5.74, 6) is 2.07. The number of benzene rings is 2. The molecule has 2 aliphatic heterocycles. The van der Waals surface area contributed by atoms with Crippen LogP contribution >= 0.6 is 11.3 Å². The Labute approximate surface area is 280 Å². The minimum atomic E-state index is -0.260. The van der Waals surface area contributed by atoms with E-state index in [4.69, 9.17) is 14.7 Å². The molecule has 6 heterocycles. The number of amides is 1. The zero-order chi connectivity index (χ0) is 32.4. The number of pyridine rings is 2. The van der Waals surface area contributed by atoms with Gasteiger partial charge in [0.15, 0.2) is 5.82 Å². The molecule has 4 aromatic heterocycles. The van der Waals surface area contributed by atoms with Gasteiger partial charge in [0.1, 0.15) is 23.7 Å². The Hall–Kier alpha value is -5.16. The third-order valence-electron chi connectivity index (χ3n) is 10.00. The molecule has 1 saturated heterocycles. The Morgan fingerprint density at radius 3 is 2.79 bits per heavy atom. The summed E-state index contributed by atoms with van der Waals surface area (Å²) < 4.78 is 20.4. The van der Waals surface area contributed by atoms with E-state index in [1.54, 1.807) is 18.4 Å². The predicted molar refractivity (Wildman–Crippen MR) is 183 cm³/mol. The van der Waals surface area contributed by atoms with E-state index in [0.717, 1.165) is 86.8 Å². The number of hydrogen-bond acceptors (Lipinski definition) is 8. The fourth-order valence-electron chi connectivity index (χ4n) is 7.79. The molecule has 2 aromatic carbocycles. The van der Waals surface area contributed by atoms with Gasteiger partial charge < -0.3 is 15.0 Å². The van der Waals surface area contributed by atoms with Crippen LogP contribution in [0.1, 0.15) is 69.8 Å². The molecule has 48 heavy (non-hydrogen) atoms. The van der Waals surface area contributed by atoms with Gasteiger partial charge in [-0.25, -0.2) is 14.4 Å². The Balaban J connectivity index is 1.19. The van der Waals surface area contributed by atoms with Gasteiger partial charge in [-0.15, -0.1) is 11.3 Å². The lowest BCUT2D eigenvalue weighted by atomic mass is 9.92. The van der Waals surface area contributed by atoms with Crippen molar-refractivity contribution in [3.8, 4) is 27.6 Å². The summed E-state index contributed by atoms with van der Waals surface area (Å²) in [4.78, 5) is 31.7. The van der Waals surface area contributed by atoms with Crippen LogP contribution < -0.4 is 10.1 Å². The SMILES string of the molecule is COc1cccc2c1CCC2Nc1nccc2cc(-c3c4c(nc(CCc5ccc(F)cc5)c3-c3ncn[nH]3)C3CCCN3C4=O)sc12. The number of methoxy groups -OCH3 is 1. The van der Waals surface area contributed by atoms with E-state index in [9.17, 15) is 9.18 Å². The van der Waals surface area contributed by atoms with E-state index in [1.165, 1.54) is 29.6 Å². The standard InChI is InChI=1S/C37H32FN7O2S/c1-47-28-6-2-4-23-24(28)12-14-25(23)43-36-34-21(15-16-39-36)18-29(48-34)31-30(35-40-19-41-44-35)26(13-9-20-7-10-22(38)11-8-20)42-33-27-5-3-17-45(27)37(46)32(31)33/h2,4,6-8,10-11,15-16,18-19,25,27H,3,5,9,12-14,17H2,1H3,(H,39,43)(H,40,41,44). The van der Waals surface area contributed by atoms with Gasteiger partial charge in [0.05, 0.1) is 40.8 Å². The largest absolute Gasteiger partial charge is 0.496 e. The van der Waals surface area contributed by atoms with Crippen LogP contribution in [0.2, 0.25) is 0 Å². The number of aryl methyl sites for hydroxylation is 2. The van der Waals surface area contributed by atoms with Gasteiger partial charge >= 0.3 is 0 Å². The first-order chi connectivity index (χ1) is 23.6. The average Bonchev–Trinajstić information content (AvgIpc) is 3.95. The van der Waals surface area contributed by atoms with Gasteiger partial charge in [-0.3, -0.25) is 14.9 Å². The van der Waals surface area contributed by atoms with Crippen LogP contribution in [0.25, 0.3) is 31.9 Å². The molecular weight excluding hydrogens is 626 g/mol. The summed E-state index contributed by atoms with van der Waals surface area (Å²) in [5.41, 5.74) is 7.46. The minimum absolute atomic E-state index is 0.0197. The van der Waals surface area contributed by atoms with Gasteiger partial charge in [-0.2, -0.15) is 5.10 Å². The zero-order valence-electron chi connectivity index (χ0n) is 26.3. The van der Waals surface area contributed by atoms with E-state index < -0.39 is 0 Å². The molecule has 2 N–H and O–H groups in total. The topological polar surface area (TPSA) is 109 Å². The zero-order valence-corrected chi connectivity index (χ0v) is 27.1. The summed E-state index contributed by atoms with van der Waals surface area (Å²) in [5, 5.41) is 12.1. The molecule has 0 spiro atoms. The van der Waals surface area contributed by atoms with Gasteiger partial charge in [-0.1, -0.05) is 24.3 Å². The molecule has 9 nitrogen and oxygen atoms in total. The highest BCUT2D eigenvalue weighted by Crippen LogP contribution is 2.50. The Morgan fingerprint density at radius 1 is 1.06 bits per heavy atom. The number of ether oxygens (including phenoxy) is 1. The van der Waals surface area contributed by atoms with Crippen molar-refractivity contribution in [2.45, 2.75) is 50.6 Å². The van der Waals surface area contributed by atoms with Crippen LogP contribution in [0, 0.1) is 5.82 Å². The number of nitrogens with zero attached hydrogens (tertiary/aromatic N) is 5. The summed E-state index contributed by atoms with van der Waals surface area (Å²) in [6, 6.07) is 17.1. The van der Waals surface area contributed by atoms with Crippen molar-refractivity contribution in [3.05, 3.63) is 107 Å². The summed E-state index contributed by atoms with van der Waals surface area (Å²) in [6.07, 6.45) is 8.31. The molecular formula is C37H32FN7O2S. The van der Waals surface area contributed by atoms with E-state index in [-0.39, 0.29) is 23.8 Å². The maximum Gasteiger partial charge on any atom is 0.257 e. The van der Waals surface area contributed by atoms with Crippen LogP contribution in [0.3, 0.4) is 0 Å². The van der Waals surface area contributed by atoms with Crippen molar-refractivity contribution < 1.29 is 13.9 Å². The number of hydrogen-bond donors (Lipinski definition) is 2. The van der Waals surface area contributed by atoms with E-state index in [0.29, 0.717) is 24.2 Å². The van der Waals surface area contributed by atoms with Crippen molar-refractivity contribution in [1.82, 2.24) is 30.0 Å². The summed E-state index contributed by atoms with van der Waals surface area (Å²) >= 11 is 1.63. The number of H-pyrrole nitrogens is 1. The number of aromatic nitrogens is 5. The predicted octanol–water partition coefficient (Wildman–Crippen LogP) is 7.47. The lowest BCUT2D eigenvalue weighted by Crippen LogP contribution is -2.22. The molecule has 3 aliphatic rings. The molecule has 6 aromatic rings. The first-order valence-electron chi connectivity index (χ1n) is 16.4. The molecule has 0 saturated carbocycles. The molecule has 11 heteroatoms. The minimum Gasteiger partial charge on any atom is -0.496 e. The second kappa shape index (κ2) is 11.5. The highest BCUT2D eigenvalue weighted by molar-refractivity contribution is 7.23. The van der Waals surface area contributed by atoms with Crippen molar-refractivity contribution in [1.29, 1.82) is 0 Å². The molecule has 0 bridgehead atoms. The van der Waals surface area contributed by atoms with Crippen LogP contribution in [0.4, 0.5) is 10.2 Å². The van der Waals surface area contributed by atoms with Gasteiger partial charge in [0.2, 0.25) is 0 Å². The van der Waals surface area contributed by atoms with Crippen LogP contribution in [0.15, 0.2) is 67.1 Å². The first-order valence-corrected chi connectivity index (χ1v) is 17.2. The van der Waals surface area contributed by atoms with Gasteiger partial charge in [0.25, 0.3) is 5.91 Å². The highest BCUT2D eigenvalue weighted by atomic mass is 32.1. The van der Waals surface area contributed by atoms with Crippen LogP contribution in [0.5, 0.6) is 5.75 Å². The molecule has 0 radical (unpaired) electrons. The van der Waals surface area contributed by atoms with Crippen LogP contribution in [-0.2, 0) is 19.3 Å². The molecule has 2 atom stereocenters. The molecule has 1 fully saturated rings.